The summed E-state index contributed by atoms with van der Waals surface area (Å²) in [7, 11) is -3.58. The van der Waals surface area contributed by atoms with Gasteiger partial charge in [0.25, 0.3) is 0 Å². The second kappa shape index (κ2) is 9.67. The molecule has 1 amide bonds. The highest BCUT2D eigenvalue weighted by atomic mass is 35.5. The molecule has 0 atom stereocenters. The van der Waals surface area contributed by atoms with Gasteiger partial charge in [0.2, 0.25) is 15.9 Å². The first-order valence-electron chi connectivity index (χ1n) is 10.8. The van der Waals surface area contributed by atoms with Crippen LogP contribution in [0, 0.1) is 13.8 Å². The number of aromatic nitrogens is 1. The first kappa shape index (κ1) is 23.5. The van der Waals surface area contributed by atoms with Crippen LogP contribution in [0.2, 0.25) is 5.02 Å². The molecule has 3 aromatic rings. The molecular weight excluding hydrogens is 462 g/mol. The molecule has 2 aromatic carbocycles. The van der Waals surface area contributed by atoms with Crippen molar-refractivity contribution < 1.29 is 17.6 Å². The van der Waals surface area contributed by atoms with E-state index in [1.54, 1.807) is 36.2 Å². The molecule has 2 heterocycles. The van der Waals surface area contributed by atoms with Gasteiger partial charge in [-0.3, -0.25) is 4.79 Å². The number of sulfonamides is 1. The van der Waals surface area contributed by atoms with Crippen molar-refractivity contribution in [1.82, 2.24) is 14.2 Å². The van der Waals surface area contributed by atoms with Crippen molar-refractivity contribution in [2.45, 2.75) is 31.6 Å². The lowest BCUT2D eigenvalue weighted by Gasteiger charge is -2.34. The fourth-order valence-corrected chi connectivity index (χ4v) is 5.85. The second-order valence-corrected chi connectivity index (χ2v) is 10.5. The lowest BCUT2D eigenvalue weighted by Crippen LogP contribution is -2.50. The van der Waals surface area contributed by atoms with Gasteiger partial charge in [0.15, 0.2) is 11.7 Å². The molecule has 0 aliphatic carbocycles. The van der Waals surface area contributed by atoms with Crippen LogP contribution >= 0.6 is 11.6 Å². The van der Waals surface area contributed by atoms with Gasteiger partial charge in [0.1, 0.15) is 0 Å². The number of rotatable bonds is 6. The number of hydrogen-bond donors (Lipinski definition) is 0. The predicted molar refractivity (Wildman–Crippen MR) is 127 cm³/mol. The zero-order chi connectivity index (χ0) is 23.6. The van der Waals surface area contributed by atoms with Crippen LogP contribution in [0.15, 0.2) is 58.0 Å². The van der Waals surface area contributed by atoms with Crippen LogP contribution < -0.4 is 0 Å². The maximum Gasteiger partial charge on any atom is 0.243 e. The first-order valence-corrected chi connectivity index (χ1v) is 12.6. The maximum atomic E-state index is 13.0. The highest BCUT2D eigenvalue weighted by Gasteiger charge is 2.31. The lowest BCUT2D eigenvalue weighted by molar-refractivity contribution is -0.132. The summed E-state index contributed by atoms with van der Waals surface area (Å²) in [5.41, 5.74) is 2.51. The molecule has 1 fully saturated rings. The predicted octanol–water partition coefficient (Wildman–Crippen LogP) is 4.08. The highest BCUT2D eigenvalue weighted by molar-refractivity contribution is 7.89. The fourth-order valence-electron chi connectivity index (χ4n) is 3.99. The third kappa shape index (κ3) is 5.13. The van der Waals surface area contributed by atoms with E-state index in [1.807, 2.05) is 31.2 Å². The van der Waals surface area contributed by atoms with Crippen molar-refractivity contribution >= 4 is 27.5 Å². The Kier molecular flexibility index (Phi) is 6.88. The van der Waals surface area contributed by atoms with Gasteiger partial charge in [-0.25, -0.2) is 13.4 Å². The third-order valence-corrected chi connectivity index (χ3v) is 8.17. The highest BCUT2D eigenvalue weighted by Crippen LogP contribution is 2.28. The number of carbonyl (C=O) groups is 1. The summed E-state index contributed by atoms with van der Waals surface area (Å²) in [6, 6.07) is 12.7. The van der Waals surface area contributed by atoms with Gasteiger partial charge in [-0.15, -0.1) is 0 Å². The van der Waals surface area contributed by atoms with Gasteiger partial charge < -0.3 is 9.32 Å². The Morgan fingerprint density at radius 2 is 1.82 bits per heavy atom. The number of halogens is 1. The monoisotopic (exact) mass is 487 g/mol. The average Bonchev–Trinajstić information content (AvgIpc) is 3.26. The molecule has 9 heteroatoms. The molecule has 0 bridgehead atoms. The van der Waals surface area contributed by atoms with Crippen LogP contribution in [-0.2, 0) is 21.2 Å². The summed E-state index contributed by atoms with van der Waals surface area (Å²) in [6.45, 7) is 5.01. The zero-order valence-electron chi connectivity index (χ0n) is 18.6. The van der Waals surface area contributed by atoms with Crippen molar-refractivity contribution in [3.05, 3.63) is 70.7 Å². The molecule has 0 N–H and O–H groups in total. The van der Waals surface area contributed by atoms with Gasteiger partial charge in [0, 0.05) is 44.6 Å². The molecule has 33 heavy (non-hydrogen) atoms. The number of piperazine rings is 1. The molecule has 0 radical (unpaired) electrons. The SMILES string of the molecule is Cc1ccc(S(=O)(=O)N2CCN(C(=O)CCc3ncc(-c4ccccc4Cl)o3)CC2)c(C)c1. The summed E-state index contributed by atoms with van der Waals surface area (Å²) in [5.74, 6) is 0.985. The van der Waals surface area contributed by atoms with Crippen LogP contribution in [0.25, 0.3) is 11.3 Å². The minimum atomic E-state index is -3.58. The fraction of sp³-hybridized carbons (Fsp3) is 0.333. The molecule has 1 aliphatic heterocycles. The van der Waals surface area contributed by atoms with Crippen molar-refractivity contribution in [2.24, 2.45) is 0 Å². The van der Waals surface area contributed by atoms with Gasteiger partial charge in [0.05, 0.1) is 16.1 Å². The number of benzene rings is 2. The summed E-state index contributed by atoms with van der Waals surface area (Å²) in [4.78, 5) is 19.0. The van der Waals surface area contributed by atoms with Crippen LogP contribution in [0.3, 0.4) is 0 Å². The van der Waals surface area contributed by atoms with E-state index in [0.717, 1.165) is 16.7 Å². The smallest absolute Gasteiger partial charge is 0.243 e. The maximum absolute atomic E-state index is 13.0. The van der Waals surface area contributed by atoms with Crippen molar-refractivity contribution in [1.29, 1.82) is 0 Å². The van der Waals surface area contributed by atoms with Gasteiger partial charge in [-0.2, -0.15) is 4.31 Å². The standard InChI is InChI=1S/C24H26ClN3O4S/c1-17-7-8-22(18(2)15-17)33(30,31)28-13-11-27(12-14-28)24(29)10-9-23-26-16-21(32-23)19-5-3-4-6-20(19)25/h3-8,15-16H,9-14H2,1-2H3. The van der Waals surface area contributed by atoms with E-state index >= 15 is 0 Å². The van der Waals surface area contributed by atoms with Crippen molar-refractivity contribution in [3.8, 4) is 11.3 Å². The largest absolute Gasteiger partial charge is 0.441 e. The molecule has 0 unspecified atom stereocenters. The third-order valence-electron chi connectivity index (χ3n) is 5.79. The van der Waals surface area contributed by atoms with Crippen LogP contribution in [0.4, 0.5) is 0 Å². The van der Waals surface area contributed by atoms with E-state index in [0.29, 0.717) is 41.1 Å². The number of amides is 1. The molecular formula is C24H26ClN3O4S. The number of oxazole rings is 1. The van der Waals surface area contributed by atoms with E-state index in [9.17, 15) is 13.2 Å². The normalized spacial score (nSPS) is 15.1. The van der Waals surface area contributed by atoms with Gasteiger partial charge >= 0.3 is 0 Å². The minimum absolute atomic E-state index is 0.0453. The lowest BCUT2D eigenvalue weighted by atomic mass is 10.2. The number of aryl methyl sites for hydroxylation is 3. The van der Waals surface area contributed by atoms with Crippen LogP contribution in [0.1, 0.15) is 23.4 Å². The van der Waals surface area contributed by atoms with E-state index in [2.05, 4.69) is 4.98 Å². The Morgan fingerprint density at radius 1 is 1.09 bits per heavy atom. The minimum Gasteiger partial charge on any atom is -0.441 e. The zero-order valence-corrected chi connectivity index (χ0v) is 20.2. The molecule has 174 valence electrons. The Balaban J connectivity index is 1.32. The Morgan fingerprint density at radius 3 is 2.52 bits per heavy atom. The Bertz CT molecular complexity index is 1260. The Labute approximate surface area is 199 Å². The summed E-state index contributed by atoms with van der Waals surface area (Å²) < 4.78 is 33.3. The molecule has 1 aliphatic rings. The van der Waals surface area contributed by atoms with Gasteiger partial charge in [-0.1, -0.05) is 41.4 Å². The molecule has 4 rings (SSSR count). The van der Waals surface area contributed by atoms with Crippen LogP contribution in [-0.4, -0.2) is 54.7 Å². The number of hydrogen-bond acceptors (Lipinski definition) is 5. The Hall–Kier alpha value is -2.68. The topological polar surface area (TPSA) is 83.7 Å². The van der Waals surface area contributed by atoms with Crippen LogP contribution in [0.5, 0.6) is 0 Å². The summed E-state index contributed by atoms with van der Waals surface area (Å²) >= 11 is 6.20. The molecule has 1 saturated heterocycles. The summed E-state index contributed by atoms with van der Waals surface area (Å²) in [6.07, 6.45) is 2.22. The van der Waals surface area contributed by atoms with Crippen molar-refractivity contribution in [2.75, 3.05) is 26.2 Å². The van der Waals surface area contributed by atoms with E-state index in [-0.39, 0.29) is 25.4 Å². The van der Waals surface area contributed by atoms with E-state index < -0.39 is 10.0 Å². The molecule has 0 saturated carbocycles. The van der Waals surface area contributed by atoms with Gasteiger partial charge in [-0.05, 0) is 37.6 Å². The number of carbonyl (C=O) groups excluding carboxylic acids is 1. The first-order chi connectivity index (χ1) is 15.8. The average molecular weight is 488 g/mol. The van der Waals surface area contributed by atoms with E-state index in [4.69, 9.17) is 16.0 Å². The van der Waals surface area contributed by atoms with E-state index in [1.165, 1.54) is 4.31 Å². The summed E-state index contributed by atoms with van der Waals surface area (Å²) in [5, 5.41) is 0.574. The molecule has 7 nitrogen and oxygen atoms in total. The second-order valence-electron chi connectivity index (χ2n) is 8.15. The number of nitrogens with zero attached hydrogens (tertiary/aromatic N) is 3. The van der Waals surface area contributed by atoms with Crippen molar-refractivity contribution in [3.63, 3.8) is 0 Å². The quantitative estimate of drug-likeness (QED) is 0.523. The molecule has 0 spiro atoms. The molecule has 1 aromatic heterocycles.